The third-order valence-corrected chi connectivity index (χ3v) is 2.55. The summed E-state index contributed by atoms with van der Waals surface area (Å²) in [6, 6.07) is 0. The van der Waals surface area contributed by atoms with Gasteiger partial charge in [-0.15, -0.1) is 10.8 Å². The van der Waals surface area contributed by atoms with Crippen LogP contribution in [0.5, 0.6) is 0 Å². The van der Waals surface area contributed by atoms with Gasteiger partial charge in [-0.2, -0.15) is 0 Å². The van der Waals surface area contributed by atoms with E-state index in [0.717, 1.165) is 6.26 Å². The largest absolute Gasteiger partial charge is 0.286 e. The molecule has 5 nitrogen and oxygen atoms in total. The summed E-state index contributed by atoms with van der Waals surface area (Å²) in [6.45, 7) is 0.0671. The van der Waals surface area contributed by atoms with E-state index in [9.17, 15) is 8.42 Å². The Hall–Kier alpha value is 0.180. The average Bonchev–Trinajstić information content (AvgIpc) is 1.55. The van der Waals surface area contributed by atoms with E-state index >= 15 is 0 Å². The fourth-order valence-corrected chi connectivity index (χ4v) is 1.51. The number of nitrogens with one attached hydrogen (secondary N) is 1. The van der Waals surface area contributed by atoms with E-state index in [4.69, 9.17) is 9.11 Å². The number of sulfone groups is 1. The molecule has 7 heteroatoms. The summed E-state index contributed by atoms with van der Waals surface area (Å²) < 4.78 is 40.8. The smallest absolute Gasteiger partial charge is 0.148 e. The van der Waals surface area contributed by atoms with Gasteiger partial charge in [0.05, 0.1) is 5.75 Å². The first-order chi connectivity index (χ1) is 4.71. The lowest BCUT2D eigenvalue weighted by atomic mass is 10.8. The van der Waals surface area contributed by atoms with Gasteiger partial charge in [0, 0.05) is 19.1 Å². The second-order valence-corrected chi connectivity index (χ2v) is 6.57. The van der Waals surface area contributed by atoms with Gasteiger partial charge in [-0.1, -0.05) is 0 Å². The first-order valence-electron chi connectivity index (χ1n) is 2.86. The fourth-order valence-electron chi connectivity index (χ4n) is 0.420. The van der Waals surface area contributed by atoms with Gasteiger partial charge in [0.25, 0.3) is 0 Å². The first-order valence-corrected chi connectivity index (χ1v) is 6.88. The minimum atomic E-state index is -3.02. The van der Waals surface area contributed by atoms with Crippen molar-refractivity contribution in [3.05, 3.63) is 0 Å². The molecule has 0 aliphatic rings. The van der Waals surface area contributed by atoms with Crippen LogP contribution in [-0.4, -0.2) is 42.3 Å². The van der Waals surface area contributed by atoms with Gasteiger partial charge in [-0.05, 0) is 0 Å². The van der Waals surface area contributed by atoms with Crippen molar-refractivity contribution in [2.45, 2.75) is 0 Å². The monoisotopic (exact) mass is 203 g/mol. The van der Waals surface area contributed by atoms with Crippen LogP contribution in [0.25, 0.3) is 0 Å². The molecule has 0 heterocycles. The minimum Gasteiger partial charge on any atom is -0.286 e. The highest BCUT2D eigenvalue weighted by molar-refractivity contribution is 8.22. The predicted molar refractivity (Wildman–Crippen MR) is 46.5 cm³/mol. The van der Waals surface area contributed by atoms with E-state index in [0.29, 0.717) is 0 Å². The molecule has 0 amide bonds. The summed E-state index contributed by atoms with van der Waals surface area (Å²) >= 11 is 0. The maximum Gasteiger partial charge on any atom is 0.148 e. The molecule has 0 atom stereocenters. The van der Waals surface area contributed by atoms with E-state index in [1.807, 2.05) is 0 Å². The third-order valence-electron chi connectivity index (χ3n) is 0.848. The van der Waals surface area contributed by atoms with Gasteiger partial charge >= 0.3 is 0 Å². The van der Waals surface area contributed by atoms with Crippen molar-refractivity contribution in [2.24, 2.45) is 0 Å². The fraction of sp³-hybridized carbons (Fsp3) is 1.00. The molecule has 0 saturated heterocycles. The second-order valence-electron chi connectivity index (χ2n) is 2.36. The standard InChI is InChI=1S/C4H13NO4S2/c1-10(6,7)4-3-5-11(2,8)9/h5,8-9H,3-4H2,1-2H3. The van der Waals surface area contributed by atoms with Crippen molar-refractivity contribution in [1.29, 1.82) is 0 Å². The minimum absolute atomic E-state index is 0.0671. The van der Waals surface area contributed by atoms with Crippen LogP contribution < -0.4 is 4.72 Å². The average molecular weight is 203 g/mol. The molecule has 0 radical (unpaired) electrons. The van der Waals surface area contributed by atoms with Gasteiger partial charge in [0.1, 0.15) is 9.84 Å². The van der Waals surface area contributed by atoms with Gasteiger partial charge in [-0.25, -0.2) is 13.1 Å². The Bertz CT molecular complexity index is 205. The molecule has 0 fully saturated rings. The highest BCUT2D eigenvalue weighted by atomic mass is 32.3. The number of rotatable bonds is 4. The normalized spacial score (nSPS) is 14.9. The van der Waals surface area contributed by atoms with Crippen LogP contribution in [-0.2, 0) is 9.84 Å². The van der Waals surface area contributed by atoms with Gasteiger partial charge in [0.2, 0.25) is 0 Å². The van der Waals surface area contributed by atoms with Crippen molar-refractivity contribution in [3.8, 4) is 0 Å². The zero-order valence-electron chi connectivity index (χ0n) is 6.44. The van der Waals surface area contributed by atoms with Gasteiger partial charge in [0.15, 0.2) is 0 Å². The molecule has 0 aromatic heterocycles. The van der Waals surface area contributed by atoms with Crippen LogP contribution >= 0.6 is 10.8 Å². The first kappa shape index (κ1) is 11.2. The summed E-state index contributed by atoms with van der Waals surface area (Å²) in [5.41, 5.74) is 0. The van der Waals surface area contributed by atoms with Crippen LogP contribution in [0.2, 0.25) is 0 Å². The highest BCUT2D eigenvalue weighted by Crippen LogP contribution is 2.26. The number of hydrogen-bond donors (Lipinski definition) is 3. The van der Waals surface area contributed by atoms with Crippen LogP contribution in [0.3, 0.4) is 0 Å². The molecule has 0 spiro atoms. The quantitative estimate of drug-likeness (QED) is 0.594. The Kier molecular flexibility index (Phi) is 3.78. The van der Waals surface area contributed by atoms with Crippen LogP contribution in [0, 0.1) is 0 Å². The molecule has 0 unspecified atom stereocenters. The lowest BCUT2D eigenvalue weighted by Gasteiger charge is -2.27. The van der Waals surface area contributed by atoms with E-state index in [1.54, 1.807) is 0 Å². The molecule has 0 aliphatic carbocycles. The van der Waals surface area contributed by atoms with Crippen LogP contribution in [0.4, 0.5) is 0 Å². The molecule has 0 saturated carbocycles. The summed E-state index contributed by atoms with van der Waals surface area (Å²) in [5.74, 6) is -0.0866. The van der Waals surface area contributed by atoms with E-state index in [1.165, 1.54) is 6.26 Å². The summed E-state index contributed by atoms with van der Waals surface area (Å²) in [4.78, 5) is 0. The predicted octanol–water partition coefficient (Wildman–Crippen LogP) is -0.0840. The highest BCUT2D eigenvalue weighted by Gasteiger charge is 2.05. The van der Waals surface area contributed by atoms with E-state index in [2.05, 4.69) is 4.72 Å². The lowest BCUT2D eigenvalue weighted by Crippen LogP contribution is -2.24. The molecule has 0 aromatic carbocycles. The molecule has 0 bridgehead atoms. The van der Waals surface area contributed by atoms with Gasteiger partial charge < -0.3 is 0 Å². The molecule has 70 valence electrons. The van der Waals surface area contributed by atoms with Crippen molar-refractivity contribution in [2.75, 3.05) is 24.8 Å². The molecule has 0 aliphatic heterocycles. The van der Waals surface area contributed by atoms with Crippen molar-refractivity contribution in [3.63, 3.8) is 0 Å². The maximum absolute atomic E-state index is 10.5. The zero-order chi connectivity index (χ0) is 9.12. The van der Waals surface area contributed by atoms with Crippen LogP contribution in [0.15, 0.2) is 0 Å². The Morgan fingerprint density at radius 1 is 1.27 bits per heavy atom. The van der Waals surface area contributed by atoms with Crippen molar-refractivity contribution < 1.29 is 17.5 Å². The Labute approximate surface area is 68.2 Å². The molecule has 0 aromatic rings. The Morgan fingerprint density at radius 2 is 1.73 bits per heavy atom. The Morgan fingerprint density at radius 3 is 2.00 bits per heavy atom. The summed E-state index contributed by atoms with van der Waals surface area (Å²) in [7, 11) is -5.78. The molecule has 3 N–H and O–H groups in total. The number of hydrogen-bond acceptors (Lipinski definition) is 5. The molecular formula is C4H13NO4S2. The maximum atomic E-state index is 10.5. The lowest BCUT2D eigenvalue weighted by molar-refractivity contribution is 0.480. The molecule has 0 rings (SSSR count). The SMILES string of the molecule is CS(O)(O)NCCS(C)(=O)=O. The van der Waals surface area contributed by atoms with E-state index in [-0.39, 0.29) is 12.3 Å². The molecule has 11 heavy (non-hydrogen) atoms. The second kappa shape index (κ2) is 3.72. The van der Waals surface area contributed by atoms with E-state index < -0.39 is 20.6 Å². The Balaban J connectivity index is 3.61. The van der Waals surface area contributed by atoms with Crippen LogP contribution in [0.1, 0.15) is 0 Å². The summed E-state index contributed by atoms with van der Waals surface area (Å²) in [5, 5.41) is 0. The zero-order valence-corrected chi connectivity index (χ0v) is 8.07. The summed E-state index contributed by atoms with van der Waals surface area (Å²) in [6.07, 6.45) is 2.30. The van der Waals surface area contributed by atoms with Gasteiger partial charge in [-0.3, -0.25) is 9.11 Å². The topological polar surface area (TPSA) is 86.6 Å². The third kappa shape index (κ3) is 10.2. The van der Waals surface area contributed by atoms with Crippen molar-refractivity contribution in [1.82, 2.24) is 4.72 Å². The molecular weight excluding hydrogens is 190 g/mol. The van der Waals surface area contributed by atoms with Crippen molar-refractivity contribution >= 4 is 20.6 Å².